The third kappa shape index (κ3) is 5.08. The second-order valence-corrected chi connectivity index (χ2v) is 7.50. The van der Waals surface area contributed by atoms with Gasteiger partial charge in [0.25, 0.3) is 0 Å². The summed E-state index contributed by atoms with van der Waals surface area (Å²) in [7, 11) is 0. The fourth-order valence-corrected chi connectivity index (χ4v) is 2.98. The quantitative estimate of drug-likeness (QED) is 0.868. The predicted molar refractivity (Wildman–Crippen MR) is 84.8 cm³/mol. The summed E-state index contributed by atoms with van der Waals surface area (Å²) in [5.41, 5.74) is 0.923. The molecule has 0 saturated heterocycles. The zero-order valence-corrected chi connectivity index (χ0v) is 13.5. The van der Waals surface area contributed by atoms with E-state index in [1.54, 1.807) is 0 Å². The molecule has 1 aliphatic carbocycles. The zero-order chi connectivity index (χ0) is 15.5. The number of aliphatic hydroxyl groups is 1. The van der Waals surface area contributed by atoms with E-state index in [4.69, 9.17) is 0 Å². The van der Waals surface area contributed by atoms with E-state index in [2.05, 4.69) is 26.1 Å². The van der Waals surface area contributed by atoms with E-state index < -0.39 is 5.60 Å². The number of hydrogen-bond acceptors (Lipinski definition) is 2. The molecular formula is C18H28FNO. The van der Waals surface area contributed by atoms with Crippen molar-refractivity contribution in [2.75, 3.05) is 6.54 Å². The summed E-state index contributed by atoms with van der Waals surface area (Å²) in [5.74, 6) is -0.196. The van der Waals surface area contributed by atoms with E-state index >= 15 is 0 Å². The lowest BCUT2D eigenvalue weighted by Gasteiger charge is -2.40. The van der Waals surface area contributed by atoms with Gasteiger partial charge < -0.3 is 10.4 Å². The van der Waals surface area contributed by atoms with Crippen LogP contribution in [-0.4, -0.2) is 23.3 Å². The molecular weight excluding hydrogens is 265 g/mol. The van der Waals surface area contributed by atoms with Crippen molar-refractivity contribution in [3.05, 3.63) is 35.6 Å². The van der Waals surface area contributed by atoms with Crippen molar-refractivity contribution < 1.29 is 9.50 Å². The van der Waals surface area contributed by atoms with Crippen LogP contribution in [0.15, 0.2) is 24.3 Å². The maximum absolute atomic E-state index is 12.9. The van der Waals surface area contributed by atoms with Gasteiger partial charge in [-0.3, -0.25) is 0 Å². The summed E-state index contributed by atoms with van der Waals surface area (Å²) in [6, 6.07) is 6.92. The first-order valence-corrected chi connectivity index (χ1v) is 7.98. The van der Waals surface area contributed by atoms with Gasteiger partial charge in [-0.15, -0.1) is 0 Å². The van der Waals surface area contributed by atoms with Gasteiger partial charge in [-0.05, 0) is 62.1 Å². The highest BCUT2D eigenvalue weighted by atomic mass is 19.1. The van der Waals surface area contributed by atoms with Gasteiger partial charge in [-0.2, -0.15) is 0 Å². The Morgan fingerprint density at radius 1 is 1.14 bits per heavy atom. The molecule has 1 atom stereocenters. The number of hydrogen-bond donors (Lipinski definition) is 2. The summed E-state index contributed by atoms with van der Waals surface area (Å²) in [5, 5.41) is 14.1. The van der Waals surface area contributed by atoms with Crippen LogP contribution in [0.3, 0.4) is 0 Å². The average Bonchev–Trinajstić information content (AvgIpc) is 2.43. The molecule has 1 aromatic carbocycles. The van der Waals surface area contributed by atoms with Gasteiger partial charge >= 0.3 is 0 Å². The summed E-state index contributed by atoms with van der Waals surface area (Å²) < 4.78 is 12.9. The Kier molecular flexibility index (Phi) is 5.05. The van der Waals surface area contributed by atoms with Gasteiger partial charge in [0, 0.05) is 12.6 Å². The smallest absolute Gasteiger partial charge is 0.123 e. The van der Waals surface area contributed by atoms with Gasteiger partial charge in [0.1, 0.15) is 5.82 Å². The van der Waals surface area contributed by atoms with Crippen LogP contribution < -0.4 is 5.32 Å². The molecule has 1 unspecified atom stereocenters. The van der Waals surface area contributed by atoms with Crippen LogP contribution in [0.5, 0.6) is 0 Å². The maximum Gasteiger partial charge on any atom is 0.123 e. The Bertz CT molecular complexity index is 445. The Morgan fingerprint density at radius 3 is 2.29 bits per heavy atom. The molecule has 2 N–H and O–H groups in total. The van der Waals surface area contributed by atoms with Crippen LogP contribution in [0.25, 0.3) is 0 Å². The van der Waals surface area contributed by atoms with Crippen molar-refractivity contribution in [1.82, 2.24) is 5.32 Å². The van der Waals surface area contributed by atoms with E-state index in [1.807, 2.05) is 12.1 Å². The van der Waals surface area contributed by atoms with E-state index in [0.717, 1.165) is 37.7 Å². The molecule has 21 heavy (non-hydrogen) atoms. The third-order valence-corrected chi connectivity index (χ3v) is 4.77. The van der Waals surface area contributed by atoms with Crippen molar-refractivity contribution in [2.24, 2.45) is 5.41 Å². The molecule has 1 saturated carbocycles. The van der Waals surface area contributed by atoms with Gasteiger partial charge in [-0.1, -0.05) is 26.0 Å². The molecule has 0 aromatic heterocycles. The Morgan fingerprint density at radius 2 is 1.71 bits per heavy atom. The van der Waals surface area contributed by atoms with Gasteiger partial charge in [0.05, 0.1) is 5.60 Å². The molecule has 1 fully saturated rings. The van der Waals surface area contributed by atoms with Gasteiger partial charge in [0.15, 0.2) is 0 Å². The zero-order valence-electron chi connectivity index (χ0n) is 13.5. The van der Waals surface area contributed by atoms with Crippen molar-refractivity contribution in [3.63, 3.8) is 0 Å². The van der Waals surface area contributed by atoms with E-state index in [-0.39, 0.29) is 11.9 Å². The second-order valence-electron chi connectivity index (χ2n) is 7.50. The van der Waals surface area contributed by atoms with Crippen molar-refractivity contribution >= 4 is 0 Å². The second kappa shape index (κ2) is 6.45. The monoisotopic (exact) mass is 293 g/mol. The normalized spacial score (nSPS) is 22.0. The van der Waals surface area contributed by atoms with Crippen molar-refractivity contribution in [1.29, 1.82) is 0 Å². The Balaban J connectivity index is 1.78. The Hall–Kier alpha value is -0.930. The molecule has 0 bridgehead atoms. The van der Waals surface area contributed by atoms with Crippen molar-refractivity contribution in [3.8, 4) is 0 Å². The van der Waals surface area contributed by atoms with Crippen LogP contribution in [0.1, 0.15) is 52.0 Å². The minimum absolute atomic E-state index is 0.196. The highest BCUT2D eigenvalue weighted by Gasteiger charge is 2.36. The Labute approximate surface area is 127 Å². The van der Waals surface area contributed by atoms with Gasteiger partial charge in [-0.25, -0.2) is 4.39 Å². The standard InChI is InChI=1S/C18H28FNO/c1-14(12-15-4-6-16(19)7-5-15)20-13-18(21)10-8-17(2,3)9-11-18/h4-7,14,20-21H,8-13H2,1-3H3. The van der Waals surface area contributed by atoms with E-state index in [0.29, 0.717) is 12.0 Å². The van der Waals surface area contributed by atoms with E-state index in [1.165, 1.54) is 12.1 Å². The number of halogens is 1. The number of nitrogens with one attached hydrogen (secondary N) is 1. The predicted octanol–water partition coefficient (Wildman–Crippen LogP) is 3.68. The molecule has 3 heteroatoms. The summed E-state index contributed by atoms with van der Waals surface area (Å²) >= 11 is 0. The van der Waals surface area contributed by atoms with Gasteiger partial charge in [0.2, 0.25) is 0 Å². The molecule has 0 radical (unpaired) electrons. The van der Waals surface area contributed by atoms with Crippen LogP contribution >= 0.6 is 0 Å². The third-order valence-electron chi connectivity index (χ3n) is 4.77. The molecule has 118 valence electrons. The fourth-order valence-electron chi connectivity index (χ4n) is 2.98. The largest absolute Gasteiger partial charge is 0.389 e. The van der Waals surface area contributed by atoms with Crippen LogP contribution in [0, 0.1) is 11.2 Å². The number of rotatable bonds is 5. The van der Waals surface area contributed by atoms with E-state index in [9.17, 15) is 9.50 Å². The first-order chi connectivity index (χ1) is 9.78. The first-order valence-electron chi connectivity index (χ1n) is 7.98. The molecule has 0 heterocycles. The fraction of sp³-hybridized carbons (Fsp3) is 0.667. The summed E-state index contributed by atoms with van der Waals surface area (Å²) in [4.78, 5) is 0. The highest BCUT2D eigenvalue weighted by Crippen LogP contribution is 2.39. The lowest BCUT2D eigenvalue weighted by molar-refractivity contribution is -0.0257. The molecule has 2 rings (SSSR count). The minimum Gasteiger partial charge on any atom is -0.389 e. The summed E-state index contributed by atoms with van der Waals surface area (Å²) in [6.45, 7) is 7.30. The summed E-state index contributed by atoms with van der Waals surface area (Å²) in [6.07, 6.45) is 4.75. The van der Waals surface area contributed by atoms with Crippen molar-refractivity contribution in [2.45, 2.75) is 64.5 Å². The maximum atomic E-state index is 12.9. The topological polar surface area (TPSA) is 32.3 Å². The molecule has 0 spiro atoms. The minimum atomic E-state index is -0.563. The van der Waals surface area contributed by atoms with Crippen LogP contribution in [-0.2, 0) is 6.42 Å². The lowest BCUT2D eigenvalue weighted by atomic mass is 9.71. The molecule has 0 aliphatic heterocycles. The number of benzene rings is 1. The van der Waals surface area contributed by atoms with Crippen LogP contribution in [0.2, 0.25) is 0 Å². The molecule has 2 nitrogen and oxygen atoms in total. The average molecular weight is 293 g/mol. The lowest BCUT2D eigenvalue weighted by Crippen LogP contribution is -2.47. The molecule has 0 amide bonds. The first kappa shape index (κ1) is 16.4. The molecule has 1 aliphatic rings. The molecule has 1 aromatic rings. The SMILES string of the molecule is CC(Cc1ccc(F)cc1)NCC1(O)CCC(C)(C)CC1. The highest BCUT2D eigenvalue weighted by molar-refractivity contribution is 5.17. The van der Waals surface area contributed by atoms with Crippen LogP contribution in [0.4, 0.5) is 4.39 Å².